The van der Waals surface area contributed by atoms with E-state index in [2.05, 4.69) is 0 Å². The van der Waals surface area contributed by atoms with E-state index in [1.165, 1.54) is 0 Å². The van der Waals surface area contributed by atoms with Gasteiger partial charge >= 0.3 is 6.09 Å². The first kappa shape index (κ1) is 13.1. The monoisotopic (exact) mass is 270 g/mol. The molecule has 0 aromatic heterocycles. The van der Waals surface area contributed by atoms with Crippen molar-refractivity contribution >= 4 is 11.8 Å². The fourth-order valence-electron chi connectivity index (χ4n) is 1.87. The summed E-state index contributed by atoms with van der Waals surface area (Å²) < 4.78 is 18.8. The molecule has 0 spiro atoms. The highest BCUT2D eigenvalue weighted by Crippen LogP contribution is 2.26. The SMILES string of the molecule is O=C(O)N1CC[C@H](Oc2cc([N+](=O)[O-])ccc2F)C1. The first-order valence-electron chi connectivity index (χ1n) is 5.56. The third-order valence-corrected chi connectivity index (χ3v) is 2.83. The van der Waals surface area contributed by atoms with E-state index in [0.717, 1.165) is 23.1 Å². The number of halogens is 1. The number of amides is 1. The van der Waals surface area contributed by atoms with Gasteiger partial charge in [0.1, 0.15) is 6.10 Å². The Bertz CT molecular complexity index is 522. The maximum atomic E-state index is 13.5. The molecule has 1 N–H and O–H groups in total. The molecule has 0 saturated carbocycles. The van der Waals surface area contributed by atoms with Gasteiger partial charge in [0.25, 0.3) is 5.69 Å². The van der Waals surface area contributed by atoms with Crippen molar-refractivity contribution in [3.63, 3.8) is 0 Å². The summed E-state index contributed by atoms with van der Waals surface area (Å²) in [6, 6.07) is 3.00. The number of carbonyl (C=O) groups is 1. The first-order chi connectivity index (χ1) is 8.97. The Labute approximate surface area is 107 Å². The highest BCUT2D eigenvalue weighted by molar-refractivity contribution is 5.65. The van der Waals surface area contributed by atoms with Gasteiger partial charge in [-0.25, -0.2) is 9.18 Å². The van der Waals surface area contributed by atoms with Crippen LogP contribution in [0.3, 0.4) is 0 Å². The average molecular weight is 270 g/mol. The van der Waals surface area contributed by atoms with Crippen molar-refractivity contribution in [2.24, 2.45) is 0 Å². The number of rotatable bonds is 3. The Kier molecular flexibility index (Phi) is 3.50. The lowest BCUT2D eigenvalue weighted by Gasteiger charge is -2.14. The van der Waals surface area contributed by atoms with E-state index in [1.54, 1.807) is 0 Å². The number of nitro groups is 1. The zero-order chi connectivity index (χ0) is 14.0. The Hall–Kier alpha value is -2.38. The maximum Gasteiger partial charge on any atom is 0.407 e. The number of carboxylic acid groups (broad SMARTS) is 1. The Morgan fingerprint density at radius 3 is 2.89 bits per heavy atom. The molecule has 102 valence electrons. The summed E-state index contributed by atoms with van der Waals surface area (Å²) >= 11 is 0. The highest BCUT2D eigenvalue weighted by atomic mass is 19.1. The van der Waals surface area contributed by atoms with Gasteiger partial charge in [-0.3, -0.25) is 10.1 Å². The molecule has 8 heteroatoms. The molecule has 0 aliphatic carbocycles. The third-order valence-electron chi connectivity index (χ3n) is 2.83. The molecule has 19 heavy (non-hydrogen) atoms. The summed E-state index contributed by atoms with van der Waals surface area (Å²) in [4.78, 5) is 21.8. The highest BCUT2D eigenvalue weighted by Gasteiger charge is 2.28. The topological polar surface area (TPSA) is 92.9 Å². The van der Waals surface area contributed by atoms with Gasteiger partial charge < -0.3 is 14.7 Å². The van der Waals surface area contributed by atoms with Gasteiger partial charge in [-0.05, 0) is 6.07 Å². The number of nitro benzene ring substituents is 1. The minimum absolute atomic E-state index is 0.122. The first-order valence-corrected chi connectivity index (χ1v) is 5.56. The summed E-state index contributed by atoms with van der Waals surface area (Å²) in [5.41, 5.74) is -0.274. The Balaban J connectivity index is 2.09. The summed E-state index contributed by atoms with van der Waals surface area (Å²) in [6.07, 6.45) is -1.13. The van der Waals surface area contributed by atoms with Crippen LogP contribution in [-0.4, -0.2) is 40.2 Å². The van der Waals surface area contributed by atoms with Crippen LogP contribution in [0.5, 0.6) is 5.75 Å². The van der Waals surface area contributed by atoms with Crippen LogP contribution in [0, 0.1) is 15.9 Å². The molecular weight excluding hydrogens is 259 g/mol. The van der Waals surface area contributed by atoms with Crippen molar-refractivity contribution in [1.82, 2.24) is 4.90 Å². The predicted molar refractivity (Wildman–Crippen MR) is 61.7 cm³/mol. The summed E-state index contributed by atoms with van der Waals surface area (Å²) in [7, 11) is 0. The maximum absolute atomic E-state index is 13.5. The summed E-state index contributed by atoms with van der Waals surface area (Å²) in [5.74, 6) is -0.939. The Morgan fingerprint density at radius 2 is 2.32 bits per heavy atom. The molecule has 0 radical (unpaired) electrons. The number of benzene rings is 1. The van der Waals surface area contributed by atoms with Crippen molar-refractivity contribution in [3.8, 4) is 5.75 Å². The van der Waals surface area contributed by atoms with Crippen LogP contribution in [0.2, 0.25) is 0 Å². The molecule has 1 aliphatic rings. The van der Waals surface area contributed by atoms with Gasteiger partial charge in [0, 0.05) is 19.0 Å². The number of ether oxygens (including phenoxy) is 1. The van der Waals surface area contributed by atoms with Crippen LogP contribution in [0.1, 0.15) is 6.42 Å². The molecule has 2 rings (SSSR count). The molecule has 1 aromatic rings. The molecule has 1 amide bonds. The lowest BCUT2D eigenvalue weighted by molar-refractivity contribution is -0.385. The average Bonchev–Trinajstić information content (AvgIpc) is 2.80. The van der Waals surface area contributed by atoms with E-state index in [9.17, 15) is 19.3 Å². The molecule has 1 heterocycles. The molecule has 7 nitrogen and oxygen atoms in total. The van der Waals surface area contributed by atoms with Crippen LogP contribution in [0.15, 0.2) is 18.2 Å². The van der Waals surface area contributed by atoms with E-state index in [4.69, 9.17) is 9.84 Å². The number of likely N-dealkylation sites (tertiary alicyclic amines) is 1. The summed E-state index contributed by atoms with van der Waals surface area (Å²) in [6.45, 7) is 0.425. The summed E-state index contributed by atoms with van der Waals surface area (Å²) in [5, 5.41) is 19.4. The van der Waals surface area contributed by atoms with Crippen molar-refractivity contribution in [2.75, 3.05) is 13.1 Å². The smallest absolute Gasteiger partial charge is 0.407 e. The predicted octanol–water partition coefficient (Wildman–Crippen LogP) is 1.86. The van der Waals surface area contributed by atoms with Crippen molar-refractivity contribution < 1.29 is 24.0 Å². The van der Waals surface area contributed by atoms with Gasteiger partial charge in [0.05, 0.1) is 17.5 Å². The van der Waals surface area contributed by atoms with Crippen LogP contribution in [0.4, 0.5) is 14.9 Å². The number of hydrogen-bond acceptors (Lipinski definition) is 4. The molecular formula is C11H11FN2O5. The van der Waals surface area contributed by atoms with Gasteiger partial charge in [0.15, 0.2) is 11.6 Å². The second kappa shape index (κ2) is 5.09. The lowest BCUT2D eigenvalue weighted by atomic mass is 10.2. The van der Waals surface area contributed by atoms with E-state index in [-0.39, 0.29) is 18.0 Å². The zero-order valence-electron chi connectivity index (χ0n) is 9.78. The molecule has 1 saturated heterocycles. The normalized spacial score (nSPS) is 18.4. The van der Waals surface area contributed by atoms with Crippen molar-refractivity contribution in [1.29, 1.82) is 0 Å². The molecule has 0 unspecified atom stereocenters. The van der Waals surface area contributed by atoms with E-state index in [0.29, 0.717) is 13.0 Å². The minimum Gasteiger partial charge on any atom is -0.485 e. The molecule has 1 aliphatic heterocycles. The van der Waals surface area contributed by atoms with Crippen LogP contribution >= 0.6 is 0 Å². The lowest BCUT2D eigenvalue weighted by Crippen LogP contribution is -2.29. The van der Waals surface area contributed by atoms with Crippen LogP contribution in [0.25, 0.3) is 0 Å². The fourth-order valence-corrected chi connectivity index (χ4v) is 1.87. The van der Waals surface area contributed by atoms with E-state index >= 15 is 0 Å². The standard InChI is InChI=1S/C11H11FN2O5/c12-9-2-1-7(14(17)18)5-10(9)19-8-3-4-13(6-8)11(15)16/h1-2,5,8H,3-4,6H2,(H,15,16)/t8-/m0/s1. The molecule has 1 atom stereocenters. The molecule has 1 fully saturated rings. The third kappa shape index (κ3) is 2.90. The van der Waals surface area contributed by atoms with Gasteiger partial charge in [-0.2, -0.15) is 0 Å². The Morgan fingerprint density at radius 1 is 1.58 bits per heavy atom. The van der Waals surface area contributed by atoms with E-state index in [1.807, 2.05) is 0 Å². The number of hydrogen-bond donors (Lipinski definition) is 1. The van der Waals surface area contributed by atoms with Crippen LogP contribution in [-0.2, 0) is 0 Å². The quantitative estimate of drug-likeness (QED) is 0.668. The van der Waals surface area contributed by atoms with Gasteiger partial charge in [-0.15, -0.1) is 0 Å². The van der Waals surface area contributed by atoms with Crippen molar-refractivity contribution in [3.05, 3.63) is 34.1 Å². The number of non-ortho nitro benzene ring substituents is 1. The molecule has 0 bridgehead atoms. The van der Waals surface area contributed by atoms with E-state index < -0.39 is 22.9 Å². The van der Waals surface area contributed by atoms with Gasteiger partial charge in [0.2, 0.25) is 0 Å². The largest absolute Gasteiger partial charge is 0.485 e. The second-order valence-electron chi connectivity index (χ2n) is 4.13. The van der Waals surface area contributed by atoms with Crippen LogP contribution < -0.4 is 4.74 Å². The second-order valence-corrected chi connectivity index (χ2v) is 4.13. The fraction of sp³-hybridized carbons (Fsp3) is 0.364. The number of nitrogens with zero attached hydrogens (tertiary/aromatic N) is 2. The van der Waals surface area contributed by atoms with Gasteiger partial charge in [-0.1, -0.05) is 0 Å². The van der Waals surface area contributed by atoms with Crippen molar-refractivity contribution in [2.45, 2.75) is 12.5 Å². The minimum atomic E-state index is -1.06. The zero-order valence-corrected chi connectivity index (χ0v) is 9.78. The molecule has 1 aromatic carbocycles.